The van der Waals surface area contributed by atoms with Gasteiger partial charge in [0.05, 0.1) is 8.07 Å². The van der Waals surface area contributed by atoms with E-state index in [1.807, 2.05) is 22.8 Å². The van der Waals surface area contributed by atoms with E-state index in [0.717, 1.165) is 0 Å². The van der Waals surface area contributed by atoms with E-state index < -0.39 is 8.07 Å². The lowest BCUT2D eigenvalue weighted by Crippen LogP contribution is -2.55. The smallest absolute Gasteiger partial charge is 0.121 e. The second-order valence-corrected chi connectivity index (χ2v) is 23.1. The molecule has 0 heterocycles. The Balaban J connectivity index is 1.71. The van der Waals surface area contributed by atoms with Crippen molar-refractivity contribution >= 4 is 13.3 Å². The molecule has 244 valence electrons. The highest BCUT2D eigenvalue weighted by Crippen LogP contribution is 2.70. The topological polar surface area (TPSA) is 9.23 Å². The fourth-order valence-electron chi connectivity index (χ4n) is 11.0. The van der Waals surface area contributed by atoms with Crippen LogP contribution in [-0.2, 0) is 0 Å². The van der Waals surface area contributed by atoms with Crippen molar-refractivity contribution in [2.75, 3.05) is 6.61 Å². The second kappa shape index (κ2) is 11.0. The normalized spacial score (nSPS) is 29.2. The first-order valence-corrected chi connectivity index (χ1v) is 20.8. The number of allylic oxidation sites excluding steroid dienone is 8. The molecule has 45 heavy (non-hydrogen) atoms. The molecule has 0 N–H and O–H groups in total. The van der Waals surface area contributed by atoms with Crippen LogP contribution in [0.3, 0.4) is 0 Å². The van der Waals surface area contributed by atoms with E-state index in [4.69, 9.17) is 4.74 Å². The van der Waals surface area contributed by atoms with E-state index in [-0.39, 0.29) is 10.8 Å². The summed E-state index contributed by atoms with van der Waals surface area (Å²) in [6.45, 7) is 32.3. The van der Waals surface area contributed by atoms with Crippen LogP contribution in [0.5, 0.6) is 5.75 Å². The summed E-state index contributed by atoms with van der Waals surface area (Å²) in [6.07, 6.45) is 14.8. The Hall–Kier alpha value is -2.06. The summed E-state index contributed by atoms with van der Waals surface area (Å²) in [7, 11) is -2.14. The number of para-hydroxylation sites is 1. The van der Waals surface area contributed by atoms with Gasteiger partial charge in [-0.2, -0.15) is 0 Å². The summed E-state index contributed by atoms with van der Waals surface area (Å²) in [4.78, 5) is 0. The molecule has 5 aliphatic rings. The van der Waals surface area contributed by atoms with Crippen LogP contribution in [0.1, 0.15) is 113 Å². The predicted molar refractivity (Wildman–Crippen MR) is 197 cm³/mol. The van der Waals surface area contributed by atoms with Crippen molar-refractivity contribution in [2.45, 2.75) is 132 Å². The van der Waals surface area contributed by atoms with E-state index >= 15 is 0 Å². The number of benzene rings is 1. The quantitative estimate of drug-likeness (QED) is 0.217. The lowest BCUT2D eigenvalue weighted by atomic mass is 9.52. The monoisotopic (exact) mass is 622 g/mol. The molecule has 0 saturated heterocycles. The standard InChI is InChI=1S/C43H62OSi/c1-13-25-44-38-28(4)17-16-18-33(38)45(14-2,15-3)39-32-27-41(7,8)21-19-29(32)34-35(39)31-26-40(5,6)22-20-30(31)36-37(34)43(11,12)24-23-42(36,9)10/h13,16-18,23-24,31,35,39H,1,14-15,19-22,25-27H2,2-12H3. The fraction of sp³-hybridized carbons (Fsp3) is 0.628. The molecular formula is C43H62OSi. The average Bonchev–Trinajstić information content (AvgIpc) is 3.29. The number of fused-ring (bicyclic) bond motifs is 5. The molecule has 6 rings (SSSR count). The zero-order valence-corrected chi connectivity index (χ0v) is 31.7. The molecule has 0 spiro atoms. The van der Waals surface area contributed by atoms with Crippen LogP contribution in [0.15, 0.2) is 76.4 Å². The Kier molecular flexibility index (Phi) is 8.03. The molecule has 1 aromatic rings. The number of ether oxygens (including phenoxy) is 1. The Bertz CT molecular complexity index is 1510. The van der Waals surface area contributed by atoms with E-state index in [1.54, 1.807) is 21.9 Å². The van der Waals surface area contributed by atoms with Gasteiger partial charge in [0.2, 0.25) is 0 Å². The van der Waals surface area contributed by atoms with Crippen LogP contribution in [0.25, 0.3) is 0 Å². The summed E-state index contributed by atoms with van der Waals surface area (Å²) in [5.74, 6) is 2.40. The number of rotatable bonds is 7. The van der Waals surface area contributed by atoms with Crippen LogP contribution in [0.2, 0.25) is 17.6 Å². The summed E-state index contributed by atoms with van der Waals surface area (Å²) in [5, 5.41) is 1.58. The van der Waals surface area contributed by atoms with Gasteiger partial charge in [-0.25, -0.2) is 0 Å². The highest BCUT2D eigenvalue weighted by molar-refractivity contribution is 6.94. The molecule has 1 saturated carbocycles. The van der Waals surface area contributed by atoms with Crippen LogP contribution in [0, 0.1) is 40.4 Å². The molecule has 5 aliphatic carbocycles. The molecule has 1 nitrogen and oxygen atoms in total. The maximum Gasteiger partial charge on any atom is 0.121 e. The van der Waals surface area contributed by atoms with E-state index in [2.05, 4.69) is 113 Å². The minimum Gasteiger partial charge on any atom is -0.489 e. The summed E-state index contributed by atoms with van der Waals surface area (Å²) in [5.41, 5.74) is 13.6. The summed E-state index contributed by atoms with van der Waals surface area (Å²) >= 11 is 0. The van der Waals surface area contributed by atoms with E-state index in [1.165, 1.54) is 61.9 Å². The van der Waals surface area contributed by atoms with Crippen LogP contribution >= 0.6 is 0 Å². The van der Waals surface area contributed by atoms with Gasteiger partial charge in [-0.3, -0.25) is 0 Å². The van der Waals surface area contributed by atoms with Crippen molar-refractivity contribution in [3.05, 3.63) is 82.0 Å². The van der Waals surface area contributed by atoms with Gasteiger partial charge < -0.3 is 4.74 Å². The summed E-state index contributed by atoms with van der Waals surface area (Å²) in [6, 6.07) is 9.61. The van der Waals surface area contributed by atoms with Crippen molar-refractivity contribution in [3.8, 4) is 5.75 Å². The fourth-order valence-corrected chi connectivity index (χ4v) is 16.6. The van der Waals surface area contributed by atoms with Gasteiger partial charge in [0, 0.05) is 10.8 Å². The highest BCUT2D eigenvalue weighted by atomic mass is 28.3. The van der Waals surface area contributed by atoms with Gasteiger partial charge in [0.1, 0.15) is 12.4 Å². The largest absolute Gasteiger partial charge is 0.489 e. The number of hydrogen-bond donors (Lipinski definition) is 0. The first-order valence-electron chi connectivity index (χ1n) is 18.3. The Morgan fingerprint density at radius 1 is 0.867 bits per heavy atom. The molecule has 0 aliphatic heterocycles. The van der Waals surface area contributed by atoms with Crippen molar-refractivity contribution in [1.29, 1.82) is 0 Å². The molecule has 3 unspecified atom stereocenters. The number of aryl methyl sites for hydroxylation is 1. The molecule has 2 heteroatoms. The Morgan fingerprint density at radius 2 is 1.51 bits per heavy atom. The van der Waals surface area contributed by atoms with Gasteiger partial charge in [0.15, 0.2) is 0 Å². The maximum absolute atomic E-state index is 6.66. The third-order valence-electron chi connectivity index (χ3n) is 13.2. The maximum atomic E-state index is 6.66. The predicted octanol–water partition coefficient (Wildman–Crippen LogP) is 11.8. The molecule has 1 aromatic carbocycles. The summed E-state index contributed by atoms with van der Waals surface area (Å²) < 4.78 is 6.66. The van der Waals surface area contributed by atoms with Gasteiger partial charge in [-0.05, 0) is 107 Å². The molecule has 3 atom stereocenters. The van der Waals surface area contributed by atoms with Gasteiger partial charge in [0.25, 0.3) is 0 Å². The van der Waals surface area contributed by atoms with Gasteiger partial charge >= 0.3 is 0 Å². The van der Waals surface area contributed by atoms with Gasteiger partial charge in [-0.1, -0.05) is 135 Å². The van der Waals surface area contributed by atoms with Crippen molar-refractivity contribution in [2.24, 2.45) is 33.5 Å². The van der Waals surface area contributed by atoms with Crippen LogP contribution < -0.4 is 9.92 Å². The van der Waals surface area contributed by atoms with E-state index in [0.29, 0.717) is 34.8 Å². The third kappa shape index (κ3) is 5.06. The molecule has 1 fully saturated rings. The lowest BCUT2D eigenvalue weighted by Gasteiger charge is -2.54. The first-order chi connectivity index (χ1) is 21.0. The highest BCUT2D eigenvalue weighted by Gasteiger charge is 2.60. The SMILES string of the molecule is C=CCOc1c(C)cccc1[Si](CC)(CC)C1C2=C(CCC(C)(C)C2)C2=C3C(=C4CCC(C)(C)CC4C21)C(C)(C)C=CC3(C)C. The molecule has 0 aromatic heterocycles. The average molecular weight is 623 g/mol. The van der Waals surface area contributed by atoms with Crippen molar-refractivity contribution in [1.82, 2.24) is 0 Å². The zero-order chi connectivity index (χ0) is 32.7. The molecule has 0 radical (unpaired) electrons. The lowest BCUT2D eigenvalue weighted by molar-refractivity contribution is 0.185. The molecule has 0 amide bonds. The van der Waals surface area contributed by atoms with Crippen molar-refractivity contribution < 1.29 is 4.74 Å². The van der Waals surface area contributed by atoms with Gasteiger partial charge in [-0.15, -0.1) is 0 Å². The van der Waals surface area contributed by atoms with Crippen LogP contribution in [0.4, 0.5) is 0 Å². The third-order valence-corrected chi connectivity index (χ3v) is 19.1. The zero-order valence-electron chi connectivity index (χ0n) is 30.7. The minimum atomic E-state index is -2.14. The molecular weight excluding hydrogens is 561 g/mol. The van der Waals surface area contributed by atoms with Crippen molar-refractivity contribution in [3.63, 3.8) is 0 Å². The first kappa shape index (κ1) is 32.9. The minimum absolute atomic E-state index is 0.0492. The Labute approximate surface area is 277 Å². The van der Waals surface area contributed by atoms with E-state index in [9.17, 15) is 0 Å². The molecule has 0 bridgehead atoms. The Morgan fingerprint density at radius 3 is 2.16 bits per heavy atom. The van der Waals surface area contributed by atoms with Crippen LogP contribution in [-0.4, -0.2) is 14.7 Å². The number of hydrogen-bond acceptors (Lipinski definition) is 1. The second-order valence-electron chi connectivity index (χ2n) is 18.2.